The minimum absolute atomic E-state index is 0.0285. The number of nitrogens with zero attached hydrogens (tertiary/aromatic N) is 1. The van der Waals surface area contributed by atoms with Crippen molar-refractivity contribution in [2.45, 2.75) is 213 Å². The van der Waals surface area contributed by atoms with Gasteiger partial charge in [0.25, 0.3) is 0 Å². The maximum absolute atomic E-state index is 12.7. The molecule has 0 aliphatic rings. The molecule has 0 aromatic rings. The van der Waals surface area contributed by atoms with E-state index in [1.165, 1.54) is 103 Å². The molecule has 58 heavy (non-hydrogen) atoms. The van der Waals surface area contributed by atoms with Crippen LogP contribution >= 0.6 is 7.82 Å². The third-order valence-electron chi connectivity index (χ3n) is 10.1. The summed E-state index contributed by atoms with van der Waals surface area (Å²) in [5.41, 5.74) is 0. The average Bonchev–Trinajstić information content (AvgIpc) is 3.17. The minimum Gasteiger partial charge on any atom is -0.462 e. The van der Waals surface area contributed by atoms with Gasteiger partial charge in [-0.25, -0.2) is 4.57 Å². The number of quaternary nitrogens is 1. The summed E-state index contributed by atoms with van der Waals surface area (Å²) in [5, 5.41) is 0. The maximum Gasteiger partial charge on any atom is 0.472 e. The van der Waals surface area contributed by atoms with Crippen molar-refractivity contribution < 1.29 is 42.1 Å². The van der Waals surface area contributed by atoms with Gasteiger partial charge in [-0.1, -0.05) is 159 Å². The first-order valence-electron chi connectivity index (χ1n) is 23.7. The Morgan fingerprint density at radius 3 is 1.41 bits per heavy atom. The van der Waals surface area contributed by atoms with Crippen LogP contribution in [0.4, 0.5) is 0 Å². The van der Waals surface area contributed by atoms with Gasteiger partial charge in [-0.05, 0) is 70.6 Å². The number of unbranched alkanes of at least 4 members (excludes halogenated alkanes) is 23. The lowest BCUT2D eigenvalue weighted by atomic mass is 10.1. The van der Waals surface area contributed by atoms with E-state index in [4.69, 9.17) is 18.5 Å². The van der Waals surface area contributed by atoms with E-state index in [0.717, 1.165) is 70.6 Å². The van der Waals surface area contributed by atoms with Crippen molar-refractivity contribution in [1.29, 1.82) is 0 Å². The summed E-state index contributed by atoms with van der Waals surface area (Å²) in [7, 11) is 1.47. The summed E-state index contributed by atoms with van der Waals surface area (Å²) in [4.78, 5) is 35.4. The van der Waals surface area contributed by atoms with Gasteiger partial charge in [0.05, 0.1) is 27.7 Å². The summed E-state index contributed by atoms with van der Waals surface area (Å²) >= 11 is 0. The number of phosphoric acid groups is 1. The zero-order valence-corrected chi connectivity index (χ0v) is 39.2. The number of ether oxygens (including phenoxy) is 2. The molecule has 0 radical (unpaired) electrons. The normalized spacial score (nSPS) is 13.8. The summed E-state index contributed by atoms with van der Waals surface area (Å²) in [6.45, 7) is 4.39. The van der Waals surface area contributed by atoms with Gasteiger partial charge in [-0.15, -0.1) is 0 Å². The molecule has 9 nitrogen and oxygen atoms in total. The van der Waals surface area contributed by atoms with Crippen LogP contribution in [0.3, 0.4) is 0 Å². The van der Waals surface area contributed by atoms with Gasteiger partial charge >= 0.3 is 19.8 Å². The highest BCUT2D eigenvalue weighted by Gasteiger charge is 2.27. The average molecular weight is 841 g/mol. The zero-order valence-electron chi connectivity index (χ0n) is 38.3. The molecule has 0 fully saturated rings. The lowest BCUT2D eigenvalue weighted by molar-refractivity contribution is -0.870. The molecule has 0 heterocycles. The molecule has 0 spiro atoms. The van der Waals surface area contributed by atoms with Crippen LogP contribution in [0.15, 0.2) is 36.5 Å². The van der Waals surface area contributed by atoms with Gasteiger partial charge in [0, 0.05) is 12.8 Å². The van der Waals surface area contributed by atoms with Crippen molar-refractivity contribution >= 4 is 19.8 Å². The molecule has 0 aliphatic heterocycles. The lowest BCUT2D eigenvalue weighted by Gasteiger charge is -2.24. The third kappa shape index (κ3) is 43.8. The van der Waals surface area contributed by atoms with Crippen molar-refractivity contribution in [1.82, 2.24) is 0 Å². The van der Waals surface area contributed by atoms with Gasteiger partial charge in [0.15, 0.2) is 6.10 Å². The molecule has 1 unspecified atom stereocenters. The van der Waals surface area contributed by atoms with Crippen molar-refractivity contribution in [3.63, 3.8) is 0 Å². The molecule has 0 aromatic heterocycles. The predicted octanol–water partition coefficient (Wildman–Crippen LogP) is 13.7. The molecule has 1 N–H and O–H groups in total. The molecule has 10 heteroatoms. The van der Waals surface area contributed by atoms with Crippen LogP contribution in [0.5, 0.6) is 0 Å². The van der Waals surface area contributed by atoms with Crippen LogP contribution in [-0.2, 0) is 32.7 Å². The van der Waals surface area contributed by atoms with Crippen LogP contribution in [-0.4, -0.2) is 74.9 Å². The number of esters is 2. The minimum atomic E-state index is -4.38. The summed E-state index contributed by atoms with van der Waals surface area (Å²) < 4.78 is 34.4. The van der Waals surface area contributed by atoms with Crippen molar-refractivity contribution in [2.75, 3.05) is 47.5 Å². The smallest absolute Gasteiger partial charge is 0.462 e. The molecule has 0 rings (SSSR count). The SMILES string of the molecule is CCCCC/C=C\C/C=C\CCCCCCCC(=O)OC[C@H](COP(=O)(O)OCC[N+](C)(C)C)OC(=O)CCCCCCCCC/C=C\CCCCCCCCCC. The summed E-state index contributed by atoms with van der Waals surface area (Å²) in [6, 6.07) is 0. The molecule has 2 atom stereocenters. The van der Waals surface area contributed by atoms with E-state index in [9.17, 15) is 19.0 Å². The Bertz CT molecular complexity index is 1090. The van der Waals surface area contributed by atoms with Crippen molar-refractivity contribution in [3.05, 3.63) is 36.5 Å². The Morgan fingerprint density at radius 2 is 0.931 bits per heavy atom. The van der Waals surface area contributed by atoms with E-state index in [0.29, 0.717) is 17.4 Å². The predicted molar refractivity (Wildman–Crippen MR) is 243 cm³/mol. The Balaban J connectivity index is 4.33. The largest absolute Gasteiger partial charge is 0.472 e. The zero-order chi connectivity index (χ0) is 42.8. The van der Waals surface area contributed by atoms with Gasteiger partial charge in [0.2, 0.25) is 0 Å². The van der Waals surface area contributed by atoms with E-state index >= 15 is 0 Å². The van der Waals surface area contributed by atoms with Crippen LogP contribution in [0, 0.1) is 0 Å². The number of rotatable bonds is 43. The van der Waals surface area contributed by atoms with Crippen LogP contribution < -0.4 is 0 Å². The van der Waals surface area contributed by atoms with Crippen LogP contribution in [0.1, 0.15) is 206 Å². The number of allylic oxidation sites excluding steroid dienone is 6. The number of hydrogen-bond acceptors (Lipinski definition) is 7. The highest BCUT2D eigenvalue weighted by Crippen LogP contribution is 2.43. The Hall–Kier alpha value is -1.77. The molecular formula is C48H91NO8P+. The molecule has 0 aromatic carbocycles. The van der Waals surface area contributed by atoms with E-state index < -0.39 is 26.5 Å². The van der Waals surface area contributed by atoms with Crippen LogP contribution in [0.2, 0.25) is 0 Å². The second kappa shape index (κ2) is 40.6. The van der Waals surface area contributed by atoms with E-state index in [2.05, 4.69) is 50.3 Å². The first-order chi connectivity index (χ1) is 28.0. The van der Waals surface area contributed by atoms with E-state index in [1.54, 1.807) is 0 Å². The number of carbonyl (C=O) groups excluding carboxylic acids is 2. The van der Waals surface area contributed by atoms with E-state index in [-0.39, 0.29) is 32.0 Å². The standard InChI is InChI=1S/C48H90NO8P/c1-6-8-10-12-14-16-18-20-22-23-24-25-27-29-31-33-35-37-39-41-48(51)57-46(45-56-58(52,53)55-43-42-49(3,4)5)44-54-47(50)40-38-36-34-32-30-28-26-21-19-17-15-13-11-9-7-2/h15,17,21,23-24,26,46H,6-14,16,18-20,22,25,27-45H2,1-5H3/p+1/b17-15-,24-23-,26-21-/t46-/m1/s1. The highest BCUT2D eigenvalue weighted by atomic mass is 31.2. The fraction of sp³-hybridized carbons (Fsp3) is 0.833. The second-order valence-corrected chi connectivity index (χ2v) is 18.6. The molecule has 0 saturated heterocycles. The molecule has 0 aliphatic carbocycles. The fourth-order valence-corrected chi connectivity index (χ4v) is 7.13. The third-order valence-corrected chi connectivity index (χ3v) is 11.1. The Kier molecular flexibility index (Phi) is 39.4. The molecule has 340 valence electrons. The highest BCUT2D eigenvalue weighted by molar-refractivity contribution is 7.47. The molecule has 0 amide bonds. The fourth-order valence-electron chi connectivity index (χ4n) is 6.39. The summed E-state index contributed by atoms with van der Waals surface area (Å²) in [6.07, 6.45) is 46.2. The Labute approximate surface area is 357 Å². The number of phosphoric ester groups is 1. The maximum atomic E-state index is 12.7. The lowest BCUT2D eigenvalue weighted by Crippen LogP contribution is -2.37. The van der Waals surface area contributed by atoms with Gasteiger partial charge in [-0.3, -0.25) is 18.6 Å². The molecule has 0 bridgehead atoms. The van der Waals surface area contributed by atoms with Crippen LogP contribution in [0.25, 0.3) is 0 Å². The molecular weight excluding hydrogens is 750 g/mol. The number of hydrogen-bond donors (Lipinski definition) is 1. The quantitative estimate of drug-likeness (QED) is 0.0213. The first-order valence-corrected chi connectivity index (χ1v) is 25.2. The van der Waals surface area contributed by atoms with Crippen molar-refractivity contribution in [3.8, 4) is 0 Å². The first kappa shape index (κ1) is 56.2. The number of carbonyl (C=O) groups is 2. The van der Waals surface area contributed by atoms with Gasteiger partial charge in [0.1, 0.15) is 19.8 Å². The summed E-state index contributed by atoms with van der Waals surface area (Å²) in [5.74, 6) is -0.816. The molecule has 0 saturated carbocycles. The monoisotopic (exact) mass is 841 g/mol. The number of likely N-dealkylation sites (N-methyl/N-ethyl adjacent to an activating group) is 1. The van der Waals surface area contributed by atoms with E-state index in [1.807, 2.05) is 21.1 Å². The van der Waals surface area contributed by atoms with Gasteiger partial charge < -0.3 is 18.9 Å². The topological polar surface area (TPSA) is 108 Å². The van der Waals surface area contributed by atoms with Crippen molar-refractivity contribution in [2.24, 2.45) is 0 Å². The second-order valence-electron chi connectivity index (χ2n) is 17.1. The van der Waals surface area contributed by atoms with Gasteiger partial charge in [-0.2, -0.15) is 0 Å². The Morgan fingerprint density at radius 1 is 0.534 bits per heavy atom.